The molecule has 4 heteroatoms. The van der Waals surface area contributed by atoms with Gasteiger partial charge in [0.25, 0.3) is 0 Å². The van der Waals surface area contributed by atoms with Gasteiger partial charge in [-0.05, 0) is 34.1 Å². The van der Waals surface area contributed by atoms with Crippen molar-refractivity contribution < 1.29 is 9.21 Å². The first kappa shape index (κ1) is 11.3. The fourth-order valence-corrected chi connectivity index (χ4v) is 2.40. The van der Waals surface area contributed by atoms with Crippen molar-refractivity contribution in [2.24, 2.45) is 7.05 Å². The van der Waals surface area contributed by atoms with Crippen LogP contribution in [0.1, 0.15) is 16.1 Å². The van der Waals surface area contributed by atoms with Gasteiger partial charge < -0.3 is 8.98 Å². The number of benzene rings is 1. The molecule has 2 heterocycles. The molecule has 3 aromatic rings. The molecule has 0 N–H and O–H groups in total. The minimum atomic E-state index is -0.0995. The first-order chi connectivity index (χ1) is 8.66. The van der Waals surface area contributed by atoms with Crippen LogP contribution in [0.3, 0.4) is 0 Å². The molecular weight excluding hydrogens is 294 g/mol. The summed E-state index contributed by atoms with van der Waals surface area (Å²) in [6.45, 7) is 0. The quantitative estimate of drug-likeness (QED) is 0.676. The normalized spacial score (nSPS) is 11.0. The van der Waals surface area contributed by atoms with E-state index in [1.54, 1.807) is 12.1 Å². The van der Waals surface area contributed by atoms with E-state index in [0.717, 1.165) is 10.9 Å². The number of ketones is 1. The number of fused-ring (bicyclic) bond motifs is 1. The fraction of sp³-hybridized carbons (Fsp3) is 0.0714. The molecule has 3 rings (SSSR count). The Labute approximate surface area is 112 Å². The Bertz CT molecular complexity index is 739. The Morgan fingerprint density at radius 3 is 2.72 bits per heavy atom. The fourth-order valence-electron chi connectivity index (χ4n) is 2.09. The summed E-state index contributed by atoms with van der Waals surface area (Å²) in [5.74, 6) is 0.246. The van der Waals surface area contributed by atoms with Crippen LogP contribution in [0.5, 0.6) is 0 Å². The summed E-state index contributed by atoms with van der Waals surface area (Å²) in [6, 6.07) is 11.2. The van der Waals surface area contributed by atoms with Crippen molar-refractivity contribution >= 4 is 32.6 Å². The third kappa shape index (κ3) is 1.69. The maximum atomic E-state index is 12.4. The van der Waals surface area contributed by atoms with Crippen molar-refractivity contribution in [3.05, 3.63) is 58.6 Å². The van der Waals surface area contributed by atoms with Gasteiger partial charge in [-0.2, -0.15) is 0 Å². The molecule has 0 aliphatic rings. The summed E-state index contributed by atoms with van der Waals surface area (Å²) >= 11 is 3.20. The summed E-state index contributed by atoms with van der Waals surface area (Å²) in [7, 11) is 1.93. The van der Waals surface area contributed by atoms with Crippen LogP contribution in [-0.4, -0.2) is 10.4 Å². The third-order valence-corrected chi connectivity index (χ3v) is 3.36. The lowest BCUT2D eigenvalue weighted by Crippen LogP contribution is -1.98. The Morgan fingerprint density at radius 2 is 2.00 bits per heavy atom. The monoisotopic (exact) mass is 303 g/mol. The van der Waals surface area contributed by atoms with E-state index in [4.69, 9.17) is 4.42 Å². The molecule has 1 aromatic carbocycles. The van der Waals surface area contributed by atoms with Crippen molar-refractivity contribution in [1.82, 2.24) is 4.57 Å². The number of aromatic nitrogens is 1. The van der Waals surface area contributed by atoms with Crippen molar-refractivity contribution in [3.8, 4) is 0 Å². The van der Waals surface area contributed by atoms with Crippen LogP contribution in [-0.2, 0) is 7.05 Å². The highest BCUT2D eigenvalue weighted by molar-refractivity contribution is 9.10. The molecule has 0 aliphatic heterocycles. The maximum Gasteiger partial charge on any atom is 0.230 e. The number of hydrogen-bond acceptors (Lipinski definition) is 2. The van der Waals surface area contributed by atoms with E-state index in [0.29, 0.717) is 16.0 Å². The second-order valence-electron chi connectivity index (χ2n) is 4.10. The van der Waals surface area contributed by atoms with Gasteiger partial charge in [0.1, 0.15) is 0 Å². The van der Waals surface area contributed by atoms with Gasteiger partial charge in [-0.3, -0.25) is 4.79 Å². The molecule has 2 aromatic heterocycles. The average molecular weight is 304 g/mol. The molecule has 0 saturated heterocycles. The van der Waals surface area contributed by atoms with E-state index in [1.807, 2.05) is 42.1 Å². The van der Waals surface area contributed by atoms with Gasteiger partial charge in [0.05, 0.1) is 5.56 Å². The largest absolute Gasteiger partial charge is 0.446 e. The molecule has 0 unspecified atom stereocenters. The minimum Gasteiger partial charge on any atom is -0.446 e. The van der Waals surface area contributed by atoms with Crippen LogP contribution in [0, 0.1) is 0 Å². The summed E-state index contributed by atoms with van der Waals surface area (Å²) in [6.07, 6.45) is 1.84. The van der Waals surface area contributed by atoms with Gasteiger partial charge in [-0.15, -0.1) is 0 Å². The summed E-state index contributed by atoms with van der Waals surface area (Å²) in [4.78, 5) is 12.4. The number of nitrogens with zero attached hydrogens (tertiary/aromatic N) is 1. The molecule has 0 aliphatic carbocycles. The lowest BCUT2D eigenvalue weighted by molar-refractivity contribution is 0.101. The molecule has 0 fully saturated rings. The zero-order valence-corrected chi connectivity index (χ0v) is 11.3. The number of carbonyl (C=O) groups excluding carboxylic acids is 1. The molecule has 0 saturated carbocycles. The van der Waals surface area contributed by atoms with Crippen LogP contribution in [0.2, 0.25) is 0 Å². The number of halogens is 1. The second kappa shape index (κ2) is 4.14. The van der Waals surface area contributed by atoms with Gasteiger partial charge in [-0.25, -0.2) is 0 Å². The molecular formula is C14H10BrNO2. The number of rotatable bonds is 2. The smallest absolute Gasteiger partial charge is 0.230 e. The highest BCUT2D eigenvalue weighted by Crippen LogP contribution is 2.24. The standard InChI is InChI=1S/C14H10BrNO2/c1-16-8-10(9-4-2-3-5-11(9)16)14(17)12-6-7-13(15)18-12/h2-8H,1H3. The Kier molecular flexibility index (Phi) is 2.59. The van der Waals surface area contributed by atoms with E-state index in [1.165, 1.54) is 0 Å². The lowest BCUT2D eigenvalue weighted by Gasteiger charge is -1.95. The van der Waals surface area contributed by atoms with Gasteiger partial charge in [-0.1, -0.05) is 18.2 Å². The molecule has 0 amide bonds. The summed E-state index contributed by atoms with van der Waals surface area (Å²) in [5, 5.41) is 0.942. The minimum absolute atomic E-state index is 0.0995. The van der Waals surface area contributed by atoms with Crippen LogP contribution in [0.15, 0.2) is 51.7 Å². The van der Waals surface area contributed by atoms with Gasteiger partial charge in [0.2, 0.25) is 5.78 Å². The van der Waals surface area contributed by atoms with Gasteiger partial charge in [0.15, 0.2) is 10.4 Å². The van der Waals surface area contributed by atoms with E-state index in [-0.39, 0.29) is 5.78 Å². The van der Waals surface area contributed by atoms with E-state index >= 15 is 0 Å². The molecule has 18 heavy (non-hydrogen) atoms. The van der Waals surface area contributed by atoms with Crippen LogP contribution in [0.25, 0.3) is 10.9 Å². The Hall–Kier alpha value is -1.81. The molecule has 90 valence electrons. The summed E-state index contributed by atoms with van der Waals surface area (Å²) in [5.41, 5.74) is 1.70. The van der Waals surface area contributed by atoms with Crippen LogP contribution in [0.4, 0.5) is 0 Å². The van der Waals surface area contributed by atoms with Gasteiger partial charge in [0, 0.05) is 24.1 Å². The summed E-state index contributed by atoms with van der Waals surface area (Å²) < 4.78 is 7.82. The Morgan fingerprint density at radius 1 is 1.22 bits per heavy atom. The second-order valence-corrected chi connectivity index (χ2v) is 4.89. The highest BCUT2D eigenvalue weighted by atomic mass is 79.9. The molecule has 3 nitrogen and oxygen atoms in total. The van der Waals surface area contributed by atoms with E-state index in [2.05, 4.69) is 15.9 Å². The molecule has 0 atom stereocenters. The number of para-hydroxylation sites is 1. The first-order valence-corrected chi connectivity index (χ1v) is 6.30. The molecule has 0 spiro atoms. The first-order valence-electron chi connectivity index (χ1n) is 5.51. The van der Waals surface area contributed by atoms with Crippen molar-refractivity contribution in [3.63, 3.8) is 0 Å². The van der Waals surface area contributed by atoms with Crippen LogP contribution >= 0.6 is 15.9 Å². The maximum absolute atomic E-state index is 12.4. The topological polar surface area (TPSA) is 35.1 Å². The predicted octanol–water partition coefficient (Wildman–Crippen LogP) is 3.76. The predicted molar refractivity (Wildman–Crippen MR) is 72.8 cm³/mol. The lowest BCUT2D eigenvalue weighted by atomic mass is 10.1. The zero-order valence-electron chi connectivity index (χ0n) is 9.68. The third-order valence-electron chi connectivity index (χ3n) is 2.94. The van der Waals surface area contributed by atoms with E-state index in [9.17, 15) is 4.79 Å². The molecule has 0 radical (unpaired) electrons. The Balaban J connectivity index is 2.18. The van der Waals surface area contributed by atoms with Crippen molar-refractivity contribution in [2.75, 3.05) is 0 Å². The van der Waals surface area contributed by atoms with Crippen molar-refractivity contribution in [1.29, 1.82) is 0 Å². The zero-order chi connectivity index (χ0) is 12.7. The van der Waals surface area contributed by atoms with E-state index < -0.39 is 0 Å². The number of furan rings is 1. The highest BCUT2D eigenvalue weighted by Gasteiger charge is 2.18. The van der Waals surface area contributed by atoms with Crippen molar-refractivity contribution in [2.45, 2.75) is 0 Å². The average Bonchev–Trinajstić information content (AvgIpc) is 2.94. The molecule has 0 bridgehead atoms. The SMILES string of the molecule is Cn1cc(C(=O)c2ccc(Br)o2)c2ccccc21. The van der Waals surface area contributed by atoms with Gasteiger partial charge >= 0.3 is 0 Å². The number of hydrogen-bond donors (Lipinski definition) is 0. The van der Waals surface area contributed by atoms with Crippen LogP contribution < -0.4 is 0 Å². The number of aryl methyl sites for hydroxylation is 1. The number of carbonyl (C=O) groups is 1.